The Balaban J connectivity index is 1.79. The molecule has 5 nitrogen and oxygen atoms in total. The molecule has 5 heteroatoms. The van der Waals surface area contributed by atoms with Crippen molar-refractivity contribution in [1.82, 2.24) is 14.9 Å². The Morgan fingerprint density at radius 2 is 1.84 bits per heavy atom. The Morgan fingerprint density at radius 3 is 2.56 bits per heavy atom. The van der Waals surface area contributed by atoms with Crippen molar-refractivity contribution in [2.45, 2.75) is 39.7 Å². The van der Waals surface area contributed by atoms with E-state index in [4.69, 9.17) is 0 Å². The van der Waals surface area contributed by atoms with Gasteiger partial charge in [-0.25, -0.2) is 9.97 Å². The Kier molecular flexibility index (Phi) is 5.64. The number of hydrogen-bond acceptors (Lipinski definition) is 4. The van der Waals surface area contributed by atoms with Crippen LogP contribution in [0.2, 0.25) is 0 Å². The molecule has 0 spiro atoms. The van der Waals surface area contributed by atoms with Crippen LogP contribution in [0.1, 0.15) is 48.3 Å². The molecule has 0 saturated carbocycles. The summed E-state index contributed by atoms with van der Waals surface area (Å²) in [6.45, 7) is 7.45. The van der Waals surface area contributed by atoms with Gasteiger partial charge in [0.05, 0.1) is 0 Å². The van der Waals surface area contributed by atoms with Crippen molar-refractivity contribution >= 4 is 11.7 Å². The molecule has 0 saturated heterocycles. The van der Waals surface area contributed by atoms with E-state index in [0.29, 0.717) is 5.69 Å². The minimum Gasteiger partial charge on any atom is -0.352 e. The van der Waals surface area contributed by atoms with Gasteiger partial charge < -0.3 is 9.80 Å². The number of carbonyl (C=O) groups excluding carboxylic acids is 1. The van der Waals surface area contributed by atoms with Gasteiger partial charge >= 0.3 is 0 Å². The third-order valence-corrected chi connectivity index (χ3v) is 4.60. The first-order valence-corrected chi connectivity index (χ1v) is 9.16. The first-order valence-electron chi connectivity index (χ1n) is 9.16. The van der Waals surface area contributed by atoms with Gasteiger partial charge in [0.25, 0.3) is 5.91 Å². The van der Waals surface area contributed by atoms with Crippen LogP contribution in [0.3, 0.4) is 0 Å². The van der Waals surface area contributed by atoms with Crippen molar-refractivity contribution in [3.05, 3.63) is 53.5 Å². The molecular weight excluding hydrogens is 312 g/mol. The van der Waals surface area contributed by atoms with Crippen molar-refractivity contribution in [3.8, 4) is 0 Å². The summed E-state index contributed by atoms with van der Waals surface area (Å²) in [4.78, 5) is 25.5. The number of benzene rings is 1. The van der Waals surface area contributed by atoms with E-state index < -0.39 is 0 Å². The molecule has 3 rings (SSSR count). The van der Waals surface area contributed by atoms with E-state index in [-0.39, 0.29) is 5.91 Å². The number of aromatic nitrogens is 2. The lowest BCUT2D eigenvalue weighted by molar-refractivity contribution is 0.0749. The molecule has 0 fully saturated rings. The minimum absolute atomic E-state index is 0.00441. The molecule has 2 heterocycles. The maximum Gasteiger partial charge on any atom is 0.272 e. The van der Waals surface area contributed by atoms with Crippen LogP contribution in [0.4, 0.5) is 5.82 Å². The predicted molar refractivity (Wildman–Crippen MR) is 99.7 cm³/mol. The maximum absolute atomic E-state index is 12.8. The smallest absolute Gasteiger partial charge is 0.272 e. The van der Waals surface area contributed by atoms with Crippen molar-refractivity contribution in [1.29, 1.82) is 0 Å². The summed E-state index contributed by atoms with van der Waals surface area (Å²) in [7, 11) is 0. The number of carbonyl (C=O) groups is 1. The Morgan fingerprint density at radius 1 is 1.12 bits per heavy atom. The summed E-state index contributed by atoms with van der Waals surface area (Å²) in [6.07, 6.45) is 4.42. The molecule has 1 amide bonds. The van der Waals surface area contributed by atoms with Crippen LogP contribution in [0.5, 0.6) is 0 Å². The second kappa shape index (κ2) is 8.10. The molecule has 132 valence electrons. The highest BCUT2D eigenvalue weighted by molar-refractivity contribution is 5.92. The van der Waals surface area contributed by atoms with Crippen LogP contribution in [-0.4, -0.2) is 40.4 Å². The molecule has 1 aromatic heterocycles. The zero-order chi connectivity index (χ0) is 17.6. The van der Waals surface area contributed by atoms with E-state index >= 15 is 0 Å². The monoisotopic (exact) mass is 338 g/mol. The molecule has 0 bridgehead atoms. The van der Waals surface area contributed by atoms with E-state index in [1.165, 1.54) is 17.5 Å². The summed E-state index contributed by atoms with van der Waals surface area (Å²) in [5.74, 6) is 0.838. The van der Waals surface area contributed by atoms with Crippen LogP contribution < -0.4 is 4.90 Å². The van der Waals surface area contributed by atoms with Gasteiger partial charge in [0, 0.05) is 32.2 Å². The highest BCUT2D eigenvalue weighted by Gasteiger charge is 2.20. The number of amides is 1. The van der Waals surface area contributed by atoms with Crippen LogP contribution in [0.25, 0.3) is 0 Å². The largest absolute Gasteiger partial charge is 0.352 e. The molecule has 0 atom stereocenters. The summed E-state index contributed by atoms with van der Waals surface area (Å²) in [5, 5.41) is 0. The lowest BCUT2D eigenvalue weighted by Gasteiger charge is -2.30. The van der Waals surface area contributed by atoms with Crippen molar-refractivity contribution in [2.75, 3.05) is 24.5 Å². The third-order valence-electron chi connectivity index (χ3n) is 4.60. The Hall–Kier alpha value is -2.43. The van der Waals surface area contributed by atoms with Crippen molar-refractivity contribution in [2.24, 2.45) is 0 Å². The van der Waals surface area contributed by atoms with Crippen LogP contribution in [0, 0.1) is 0 Å². The number of hydrogen-bond donors (Lipinski definition) is 0. The first-order chi connectivity index (χ1) is 12.2. The van der Waals surface area contributed by atoms with Crippen molar-refractivity contribution < 1.29 is 4.79 Å². The molecule has 0 radical (unpaired) electrons. The average Bonchev–Trinajstić information content (AvgIpc) is 2.67. The number of fused-ring (bicyclic) bond motifs is 1. The molecule has 25 heavy (non-hydrogen) atoms. The molecule has 0 aliphatic carbocycles. The van der Waals surface area contributed by atoms with Gasteiger partial charge in [-0.3, -0.25) is 4.79 Å². The van der Waals surface area contributed by atoms with Gasteiger partial charge in [-0.2, -0.15) is 0 Å². The standard InChI is InChI=1S/C20H26N4O/c1-3-10-23(11-4-2)20(25)18-13-19(22-15-21-18)24-12-9-16-7-5-6-8-17(16)14-24/h5-8,13,15H,3-4,9-12,14H2,1-2H3. The summed E-state index contributed by atoms with van der Waals surface area (Å²) >= 11 is 0. The maximum atomic E-state index is 12.8. The van der Waals surface area contributed by atoms with Crippen LogP contribution in [0.15, 0.2) is 36.7 Å². The topological polar surface area (TPSA) is 49.3 Å². The summed E-state index contributed by atoms with van der Waals surface area (Å²) < 4.78 is 0. The summed E-state index contributed by atoms with van der Waals surface area (Å²) in [5.41, 5.74) is 3.23. The molecule has 0 unspecified atom stereocenters. The third kappa shape index (κ3) is 3.98. The Labute approximate surface area is 149 Å². The molecular formula is C20H26N4O. The lowest BCUT2D eigenvalue weighted by Crippen LogP contribution is -2.34. The Bertz CT molecular complexity index is 725. The molecule has 1 aliphatic rings. The molecule has 1 aromatic carbocycles. The molecule has 1 aliphatic heterocycles. The average molecular weight is 338 g/mol. The highest BCUT2D eigenvalue weighted by atomic mass is 16.2. The van der Waals surface area contributed by atoms with E-state index in [0.717, 1.165) is 51.3 Å². The van der Waals surface area contributed by atoms with Gasteiger partial charge in [-0.15, -0.1) is 0 Å². The fourth-order valence-corrected chi connectivity index (χ4v) is 3.34. The summed E-state index contributed by atoms with van der Waals surface area (Å²) in [6, 6.07) is 10.4. The lowest BCUT2D eigenvalue weighted by atomic mass is 10.00. The van der Waals surface area contributed by atoms with E-state index in [9.17, 15) is 4.79 Å². The zero-order valence-corrected chi connectivity index (χ0v) is 15.1. The highest BCUT2D eigenvalue weighted by Crippen LogP contribution is 2.23. The predicted octanol–water partition coefficient (Wildman–Crippen LogP) is 3.30. The van der Waals surface area contributed by atoms with Crippen molar-refractivity contribution in [3.63, 3.8) is 0 Å². The number of rotatable bonds is 6. The van der Waals surface area contributed by atoms with E-state index in [1.54, 1.807) is 0 Å². The first kappa shape index (κ1) is 17.4. The minimum atomic E-state index is 0.00441. The SMILES string of the molecule is CCCN(CCC)C(=O)c1cc(N2CCc3ccccc3C2)ncn1. The molecule has 2 aromatic rings. The van der Waals surface area contributed by atoms with E-state index in [2.05, 4.69) is 53.0 Å². The van der Waals surface area contributed by atoms with E-state index in [1.807, 2.05) is 11.0 Å². The molecule has 0 N–H and O–H groups in total. The van der Waals surface area contributed by atoms with Crippen LogP contribution in [-0.2, 0) is 13.0 Å². The zero-order valence-electron chi connectivity index (χ0n) is 15.1. The van der Waals surface area contributed by atoms with Gasteiger partial charge in [0.2, 0.25) is 0 Å². The normalized spacial score (nSPS) is 13.4. The van der Waals surface area contributed by atoms with Gasteiger partial charge in [0.15, 0.2) is 0 Å². The van der Waals surface area contributed by atoms with Gasteiger partial charge in [-0.05, 0) is 30.4 Å². The van der Waals surface area contributed by atoms with Gasteiger partial charge in [-0.1, -0.05) is 38.1 Å². The fourth-order valence-electron chi connectivity index (χ4n) is 3.34. The number of anilines is 1. The van der Waals surface area contributed by atoms with Gasteiger partial charge in [0.1, 0.15) is 17.8 Å². The quantitative estimate of drug-likeness (QED) is 0.811. The fraction of sp³-hybridized carbons (Fsp3) is 0.450. The number of nitrogens with zero attached hydrogens (tertiary/aromatic N) is 4. The second-order valence-corrected chi connectivity index (χ2v) is 6.49. The second-order valence-electron chi connectivity index (χ2n) is 6.49. The van der Waals surface area contributed by atoms with Crippen LogP contribution >= 0.6 is 0 Å².